The predicted molar refractivity (Wildman–Crippen MR) is 89.9 cm³/mol. The molecule has 9 heteroatoms. The van der Waals surface area contributed by atoms with Gasteiger partial charge in [0.15, 0.2) is 0 Å². The number of rotatable bonds is 5. The molecule has 1 unspecified atom stereocenters. The number of carbonyl (C=O) groups excluding carboxylic acids is 4. The summed E-state index contributed by atoms with van der Waals surface area (Å²) in [5.41, 5.74) is 0.852. The first kappa shape index (κ1) is 17.7. The van der Waals surface area contributed by atoms with Crippen LogP contribution < -0.4 is 10.6 Å². The number of ether oxygens (including phenoxy) is 1. The van der Waals surface area contributed by atoms with Crippen molar-refractivity contribution in [1.29, 1.82) is 0 Å². The molecule has 2 saturated heterocycles. The van der Waals surface area contributed by atoms with Crippen LogP contribution in [-0.2, 0) is 20.9 Å². The lowest BCUT2D eigenvalue weighted by molar-refractivity contribution is -0.130. The van der Waals surface area contributed by atoms with E-state index in [1.165, 1.54) is 9.80 Å². The third kappa shape index (κ3) is 4.11. The summed E-state index contributed by atoms with van der Waals surface area (Å²) < 4.78 is 5.05. The summed E-state index contributed by atoms with van der Waals surface area (Å²) in [6.45, 7) is 0.636. The van der Waals surface area contributed by atoms with Gasteiger partial charge in [0.2, 0.25) is 11.8 Å². The molecular weight excluding hydrogens is 340 g/mol. The minimum absolute atomic E-state index is 0.00189. The largest absolute Gasteiger partial charge is 0.445 e. The van der Waals surface area contributed by atoms with Crippen molar-refractivity contribution >= 4 is 23.9 Å². The van der Waals surface area contributed by atoms with Crippen molar-refractivity contribution in [3.8, 4) is 0 Å². The van der Waals surface area contributed by atoms with Crippen LogP contribution in [0.3, 0.4) is 0 Å². The summed E-state index contributed by atoms with van der Waals surface area (Å²) in [5.74, 6) is -0.562. The van der Waals surface area contributed by atoms with E-state index >= 15 is 0 Å². The smallest absolute Gasteiger partial charge is 0.407 e. The van der Waals surface area contributed by atoms with E-state index in [1.54, 1.807) is 0 Å². The summed E-state index contributed by atoms with van der Waals surface area (Å²) in [4.78, 5) is 50.0. The van der Waals surface area contributed by atoms with Crippen LogP contribution in [0.4, 0.5) is 9.59 Å². The highest BCUT2D eigenvalue weighted by Crippen LogP contribution is 2.18. The number of nitrogens with zero attached hydrogens (tertiary/aromatic N) is 2. The van der Waals surface area contributed by atoms with Gasteiger partial charge in [-0.2, -0.15) is 0 Å². The van der Waals surface area contributed by atoms with E-state index in [1.807, 2.05) is 30.3 Å². The zero-order valence-electron chi connectivity index (χ0n) is 14.1. The molecule has 0 aliphatic carbocycles. The molecule has 0 bridgehead atoms. The van der Waals surface area contributed by atoms with Gasteiger partial charge >= 0.3 is 12.1 Å². The molecule has 2 heterocycles. The lowest BCUT2D eigenvalue weighted by Crippen LogP contribution is -2.44. The first-order valence-electron chi connectivity index (χ1n) is 8.37. The van der Waals surface area contributed by atoms with Crippen LogP contribution in [-0.4, -0.2) is 66.0 Å². The van der Waals surface area contributed by atoms with Crippen LogP contribution in [0.1, 0.15) is 12.0 Å². The van der Waals surface area contributed by atoms with Gasteiger partial charge in [-0.05, 0) is 12.0 Å². The standard InChI is InChI=1S/C17H20N4O5/c22-14(8-19-17(25)26-11-12-4-2-1-3-5-12)20-7-6-13(10-20)21-15(23)9-18-16(21)24/h1-5,13H,6-11H2,(H,18,24)(H,19,25). The molecule has 2 fully saturated rings. The minimum Gasteiger partial charge on any atom is -0.445 e. The zero-order valence-corrected chi connectivity index (χ0v) is 14.1. The summed E-state index contributed by atoms with van der Waals surface area (Å²) in [6, 6.07) is 8.48. The number of benzene rings is 1. The number of carbonyl (C=O) groups is 4. The van der Waals surface area contributed by atoms with E-state index in [9.17, 15) is 19.2 Å². The Morgan fingerprint density at radius 3 is 2.69 bits per heavy atom. The Morgan fingerprint density at radius 2 is 2.00 bits per heavy atom. The number of urea groups is 1. The number of hydrogen-bond acceptors (Lipinski definition) is 5. The zero-order chi connectivity index (χ0) is 18.5. The number of imide groups is 1. The maximum atomic E-state index is 12.2. The van der Waals surface area contributed by atoms with Gasteiger partial charge in [0, 0.05) is 13.1 Å². The number of amides is 5. The molecule has 2 aliphatic heterocycles. The quantitative estimate of drug-likeness (QED) is 0.722. The second-order valence-corrected chi connectivity index (χ2v) is 6.12. The topological polar surface area (TPSA) is 108 Å². The second kappa shape index (κ2) is 7.85. The Labute approximate surface area is 150 Å². The van der Waals surface area contributed by atoms with Crippen molar-refractivity contribution in [3.05, 3.63) is 35.9 Å². The van der Waals surface area contributed by atoms with Gasteiger partial charge in [0.05, 0.1) is 12.6 Å². The molecule has 1 aromatic rings. The average molecular weight is 360 g/mol. The fourth-order valence-electron chi connectivity index (χ4n) is 3.02. The maximum Gasteiger partial charge on any atom is 0.407 e. The fraction of sp³-hybridized carbons (Fsp3) is 0.412. The van der Waals surface area contributed by atoms with Gasteiger partial charge in [0.1, 0.15) is 13.2 Å². The summed E-state index contributed by atoms with van der Waals surface area (Å²) in [5, 5.41) is 4.89. The van der Waals surface area contributed by atoms with Crippen molar-refractivity contribution in [3.63, 3.8) is 0 Å². The van der Waals surface area contributed by atoms with Gasteiger partial charge in [-0.1, -0.05) is 30.3 Å². The van der Waals surface area contributed by atoms with Gasteiger partial charge < -0.3 is 20.3 Å². The highest BCUT2D eigenvalue weighted by molar-refractivity contribution is 6.02. The van der Waals surface area contributed by atoms with Crippen molar-refractivity contribution in [1.82, 2.24) is 20.4 Å². The molecule has 1 aromatic carbocycles. The summed E-state index contributed by atoms with van der Waals surface area (Å²) in [6.07, 6.45) is -0.143. The molecule has 9 nitrogen and oxygen atoms in total. The molecule has 26 heavy (non-hydrogen) atoms. The lowest BCUT2D eigenvalue weighted by Gasteiger charge is -2.21. The first-order valence-corrected chi connectivity index (χ1v) is 8.37. The van der Waals surface area contributed by atoms with E-state index in [0.29, 0.717) is 13.0 Å². The van der Waals surface area contributed by atoms with Gasteiger partial charge in [-0.15, -0.1) is 0 Å². The van der Waals surface area contributed by atoms with Crippen molar-refractivity contribution in [2.45, 2.75) is 19.1 Å². The van der Waals surface area contributed by atoms with E-state index in [-0.39, 0.29) is 44.1 Å². The van der Waals surface area contributed by atoms with Crippen LogP contribution >= 0.6 is 0 Å². The molecule has 0 saturated carbocycles. The molecule has 5 amide bonds. The Kier molecular flexibility index (Phi) is 5.35. The Hall–Kier alpha value is -3.10. The molecule has 0 aromatic heterocycles. The average Bonchev–Trinajstić information content (AvgIpc) is 3.25. The highest BCUT2D eigenvalue weighted by Gasteiger charge is 2.39. The van der Waals surface area contributed by atoms with E-state index in [0.717, 1.165) is 5.56 Å². The third-order valence-electron chi connectivity index (χ3n) is 4.36. The SMILES string of the molecule is O=C(NCC(=O)N1CCC(N2C(=O)CNC2=O)C1)OCc1ccccc1. The van der Waals surface area contributed by atoms with Crippen LogP contribution in [0.2, 0.25) is 0 Å². The Bertz CT molecular complexity index is 692. The first-order chi connectivity index (χ1) is 12.5. The van der Waals surface area contributed by atoms with Crippen molar-refractivity contribution in [2.75, 3.05) is 26.2 Å². The number of hydrogen-bond donors (Lipinski definition) is 2. The second-order valence-electron chi connectivity index (χ2n) is 6.12. The van der Waals surface area contributed by atoms with Crippen LogP contribution in [0.5, 0.6) is 0 Å². The molecule has 0 radical (unpaired) electrons. The van der Waals surface area contributed by atoms with Gasteiger partial charge in [-0.25, -0.2) is 9.59 Å². The lowest BCUT2D eigenvalue weighted by atomic mass is 10.2. The molecule has 138 valence electrons. The van der Waals surface area contributed by atoms with E-state index in [4.69, 9.17) is 4.74 Å². The highest BCUT2D eigenvalue weighted by atomic mass is 16.5. The molecule has 2 N–H and O–H groups in total. The van der Waals surface area contributed by atoms with E-state index in [2.05, 4.69) is 10.6 Å². The van der Waals surface area contributed by atoms with Crippen LogP contribution in [0.25, 0.3) is 0 Å². The number of alkyl carbamates (subject to hydrolysis) is 1. The summed E-state index contributed by atoms with van der Waals surface area (Å²) >= 11 is 0. The molecule has 1 atom stereocenters. The molecular formula is C17H20N4O5. The van der Waals surface area contributed by atoms with Gasteiger partial charge in [-0.3, -0.25) is 14.5 Å². The van der Waals surface area contributed by atoms with Crippen LogP contribution in [0.15, 0.2) is 30.3 Å². The Balaban J connectivity index is 1.40. The maximum absolute atomic E-state index is 12.2. The van der Waals surface area contributed by atoms with Crippen LogP contribution in [0, 0.1) is 0 Å². The third-order valence-corrected chi connectivity index (χ3v) is 4.36. The fourth-order valence-corrected chi connectivity index (χ4v) is 3.02. The minimum atomic E-state index is -0.674. The predicted octanol–water partition coefficient (Wildman–Crippen LogP) is 0.0655. The van der Waals surface area contributed by atoms with Crippen molar-refractivity contribution < 1.29 is 23.9 Å². The molecule has 2 aliphatic rings. The monoisotopic (exact) mass is 360 g/mol. The summed E-state index contributed by atoms with van der Waals surface area (Å²) in [7, 11) is 0. The van der Waals surface area contributed by atoms with E-state index < -0.39 is 12.1 Å². The Morgan fingerprint density at radius 1 is 1.23 bits per heavy atom. The van der Waals surface area contributed by atoms with Crippen molar-refractivity contribution in [2.24, 2.45) is 0 Å². The normalized spacial score (nSPS) is 19.5. The molecule has 3 rings (SSSR count). The van der Waals surface area contributed by atoms with Gasteiger partial charge in [0.25, 0.3) is 0 Å². The molecule has 0 spiro atoms. The number of nitrogens with one attached hydrogen (secondary N) is 2. The number of likely N-dealkylation sites (tertiary alicyclic amines) is 1.